The molecule has 0 radical (unpaired) electrons. The van der Waals surface area contributed by atoms with Crippen molar-refractivity contribution in [1.82, 2.24) is 10.9 Å². The summed E-state index contributed by atoms with van der Waals surface area (Å²) in [6, 6.07) is 9.67. The van der Waals surface area contributed by atoms with E-state index < -0.39 is 29.7 Å². The molecule has 1 aliphatic rings. The first-order chi connectivity index (χ1) is 12.9. The maximum Gasteiger partial charge on any atom is 0.265 e. The molecule has 2 aromatic carbocycles. The van der Waals surface area contributed by atoms with E-state index in [1.54, 1.807) is 0 Å². The van der Waals surface area contributed by atoms with Crippen LogP contribution in [0, 0.1) is 0 Å². The molecule has 9 nitrogen and oxygen atoms in total. The van der Waals surface area contributed by atoms with E-state index in [1.807, 2.05) is 0 Å². The van der Waals surface area contributed by atoms with Gasteiger partial charge >= 0.3 is 0 Å². The summed E-state index contributed by atoms with van der Waals surface area (Å²) in [5.41, 5.74) is 5.28. The van der Waals surface area contributed by atoms with Crippen molar-refractivity contribution in [2.24, 2.45) is 0 Å². The number of hydrogen-bond acceptors (Lipinski definition) is 7. The lowest BCUT2D eigenvalue weighted by molar-refractivity contribution is -0.255. The van der Waals surface area contributed by atoms with Crippen LogP contribution in [-0.2, 0) is 9.59 Å². The standard InChI is InChI=1S/C18H15N3O6/c22-13-7-3-10(4-8-13)16(24)20-19-14-9-15(23)21(17(14)25)12-5-1-11(2-6-12)18(26)27/h1-8,14,19,22H,9H2,(H,20,24)(H,26,27)/p-1/t14-/m0/s1. The number of benzene rings is 2. The molecule has 1 atom stereocenters. The van der Waals surface area contributed by atoms with Gasteiger partial charge in [0.1, 0.15) is 11.8 Å². The quantitative estimate of drug-likeness (QED) is 0.469. The van der Waals surface area contributed by atoms with Crippen LogP contribution in [0.15, 0.2) is 48.5 Å². The van der Waals surface area contributed by atoms with Crippen LogP contribution in [0.2, 0.25) is 0 Å². The van der Waals surface area contributed by atoms with Gasteiger partial charge in [-0.05, 0) is 42.0 Å². The van der Waals surface area contributed by atoms with Gasteiger partial charge in [0.2, 0.25) is 5.91 Å². The third kappa shape index (κ3) is 3.77. The molecule has 0 spiro atoms. The van der Waals surface area contributed by atoms with Gasteiger partial charge in [0.25, 0.3) is 11.8 Å². The summed E-state index contributed by atoms with van der Waals surface area (Å²) in [6.07, 6.45) is -0.170. The zero-order chi connectivity index (χ0) is 19.6. The van der Waals surface area contributed by atoms with Crippen LogP contribution in [0.4, 0.5) is 5.69 Å². The Labute approximate surface area is 153 Å². The Morgan fingerprint density at radius 3 is 2.19 bits per heavy atom. The highest BCUT2D eigenvalue weighted by atomic mass is 16.4. The molecule has 0 bridgehead atoms. The number of aromatic hydroxyl groups is 1. The molecule has 1 saturated heterocycles. The Bertz CT molecular complexity index is 908. The highest BCUT2D eigenvalue weighted by Gasteiger charge is 2.39. The minimum Gasteiger partial charge on any atom is -0.545 e. The van der Waals surface area contributed by atoms with Gasteiger partial charge in [-0.2, -0.15) is 0 Å². The lowest BCUT2D eigenvalue weighted by Crippen LogP contribution is -2.48. The van der Waals surface area contributed by atoms with Crippen LogP contribution in [-0.4, -0.2) is 34.8 Å². The monoisotopic (exact) mass is 368 g/mol. The Morgan fingerprint density at radius 1 is 1.00 bits per heavy atom. The molecule has 9 heteroatoms. The molecule has 1 heterocycles. The van der Waals surface area contributed by atoms with E-state index >= 15 is 0 Å². The molecule has 138 valence electrons. The van der Waals surface area contributed by atoms with Gasteiger partial charge in [-0.1, -0.05) is 12.1 Å². The van der Waals surface area contributed by atoms with E-state index in [0.29, 0.717) is 0 Å². The fourth-order valence-corrected chi connectivity index (χ4v) is 2.60. The number of anilines is 1. The van der Waals surface area contributed by atoms with Crippen molar-refractivity contribution in [1.29, 1.82) is 0 Å². The van der Waals surface area contributed by atoms with Crippen molar-refractivity contribution in [3.63, 3.8) is 0 Å². The molecule has 3 rings (SSSR count). The Morgan fingerprint density at radius 2 is 1.59 bits per heavy atom. The van der Waals surface area contributed by atoms with E-state index in [0.717, 1.165) is 4.90 Å². The van der Waals surface area contributed by atoms with Crippen molar-refractivity contribution < 1.29 is 29.4 Å². The Kier molecular flexibility index (Phi) is 4.86. The smallest absolute Gasteiger partial charge is 0.265 e. The van der Waals surface area contributed by atoms with Gasteiger partial charge < -0.3 is 15.0 Å². The van der Waals surface area contributed by atoms with Crippen LogP contribution in [0.3, 0.4) is 0 Å². The summed E-state index contributed by atoms with van der Waals surface area (Å²) < 4.78 is 0. The topological polar surface area (TPSA) is 139 Å². The predicted molar refractivity (Wildman–Crippen MR) is 90.4 cm³/mol. The second-order valence-electron chi connectivity index (χ2n) is 5.80. The van der Waals surface area contributed by atoms with Gasteiger partial charge in [-0.15, -0.1) is 0 Å². The minimum atomic E-state index is -1.36. The average molecular weight is 368 g/mol. The SMILES string of the molecule is O=C([O-])c1ccc(N2C(=O)C[C@H](NNC(=O)c3ccc(O)cc3)C2=O)cc1. The Hall–Kier alpha value is -3.72. The number of phenolic OH excluding ortho intramolecular Hbond substituents is 1. The van der Waals surface area contributed by atoms with E-state index in [1.165, 1.54) is 48.5 Å². The number of aromatic carboxylic acids is 1. The molecule has 0 unspecified atom stereocenters. The third-order valence-electron chi connectivity index (χ3n) is 4.00. The number of phenols is 1. The number of imide groups is 1. The van der Waals surface area contributed by atoms with Gasteiger partial charge in [0.15, 0.2) is 0 Å². The number of hydrazine groups is 1. The zero-order valence-corrected chi connectivity index (χ0v) is 13.8. The van der Waals surface area contributed by atoms with E-state index in [9.17, 15) is 29.4 Å². The average Bonchev–Trinajstić information content (AvgIpc) is 2.94. The lowest BCUT2D eigenvalue weighted by Gasteiger charge is -2.16. The summed E-state index contributed by atoms with van der Waals surface area (Å²) in [5, 5.41) is 20.0. The first-order valence-electron chi connectivity index (χ1n) is 7.90. The van der Waals surface area contributed by atoms with E-state index in [4.69, 9.17) is 0 Å². The van der Waals surface area contributed by atoms with Crippen molar-refractivity contribution in [2.45, 2.75) is 12.5 Å². The lowest BCUT2D eigenvalue weighted by atomic mass is 10.2. The largest absolute Gasteiger partial charge is 0.545 e. The summed E-state index contributed by atoms with van der Waals surface area (Å²) >= 11 is 0. The maximum absolute atomic E-state index is 12.5. The molecule has 3 N–H and O–H groups in total. The van der Waals surface area contributed by atoms with Crippen LogP contribution in [0.25, 0.3) is 0 Å². The Balaban J connectivity index is 1.66. The van der Waals surface area contributed by atoms with Crippen LogP contribution < -0.4 is 20.9 Å². The summed E-state index contributed by atoms with van der Waals surface area (Å²) in [6.45, 7) is 0. The molecule has 0 aliphatic carbocycles. The number of carbonyl (C=O) groups is 4. The van der Waals surface area contributed by atoms with Crippen molar-refractivity contribution >= 4 is 29.4 Å². The molecular weight excluding hydrogens is 354 g/mol. The number of carbonyl (C=O) groups excluding carboxylic acids is 4. The first kappa shape index (κ1) is 18.1. The number of nitrogens with one attached hydrogen (secondary N) is 2. The van der Waals surface area contributed by atoms with Gasteiger partial charge in [-0.25, -0.2) is 10.3 Å². The number of hydrogen-bond donors (Lipinski definition) is 3. The second-order valence-corrected chi connectivity index (χ2v) is 5.80. The molecule has 2 aromatic rings. The second kappa shape index (κ2) is 7.26. The van der Waals surface area contributed by atoms with Gasteiger partial charge in [-0.3, -0.25) is 19.8 Å². The van der Waals surface area contributed by atoms with Crippen molar-refractivity contribution in [2.75, 3.05) is 4.90 Å². The molecule has 3 amide bonds. The molecule has 1 fully saturated rings. The summed E-state index contributed by atoms with van der Waals surface area (Å²) in [7, 11) is 0. The highest BCUT2D eigenvalue weighted by molar-refractivity contribution is 6.22. The number of rotatable bonds is 5. The molecule has 0 saturated carbocycles. The van der Waals surface area contributed by atoms with Gasteiger partial charge in [0.05, 0.1) is 18.1 Å². The molecule has 1 aliphatic heterocycles. The number of amides is 3. The third-order valence-corrected chi connectivity index (χ3v) is 4.00. The van der Waals surface area contributed by atoms with Crippen LogP contribution in [0.5, 0.6) is 5.75 Å². The highest BCUT2D eigenvalue weighted by Crippen LogP contribution is 2.23. The summed E-state index contributed by atoms with van der Waals surface area (Å²) in [4.78, 5) is 48.3. The van der Waals surface area contributed by atoms with Crippen LogP contribution in [0.1, 0.15) is 27.1 Å². The number of carboxylic acid groups (broad SMARTS) is 1. The fraction of sp³-hybridized carbons (Fsp3) is 0.111. The van der Waals surface area contributed by atoms with Crippen molar-refractivity contribution in [3.8, 4) is 5.75 Å². The summed E-state index contributed by atoms with van der Waals surface area (Å²) in [5.74, 6) is -2.95. The minimum absolute atomic E-state index is 0.0106. The number of carboxylic acids is 1. The molecular formula is C18H14N3O6-. The van der Waals surface area contributed by atoms with E-state index in [2.05, 4.69) is 10.9 Å². The zero-order valence-electron chi connectivity index (χ0n) is 13.8. The van der Waals surface area contributed by atoms with Crippen LogP contribution >= 0.6 is 0 Å². The fourth-order valence-electron chi connectivity index (χ4n) is 2.60. The predicted octanol–water partition coefficient (Wildman–Crippen LogP) is -0.678. The maximum atomic E-state index is 12.5. The molecule has 27 heavy (non-hydrogen) atoms. The molecule has 0 aromatic heterocycles. The van der Waals surface area contributed by atoms with E-state index in [-0.39, 0.29) is 29.0 Å². The normalized spacial score (nSPS) is 16.4. The number of nitrogens with zero attached hydrogens (tertiary/aromatic N) is 1. The van der Waals surface area contributed by atoms with Gasteiger partial charge in [0, 0.05) is 5.56 Å². The first-order valence-corrected chi connectivity index (χ1v) is 7.90. The van der Waals surface area contributed by atoms with Crippen molar-refractivity contribution in [3.05, 3.63) is 59.7 Å².